The van der Waals surface area contributed by atoms with Crippen molar-refractivity contribution in [2.75, 3.05) is 0 Å². The van der Waals surface area contributed by atoms with Crippen molar-refractivity contribution in [2.24, 2.45) is 0 Å². The highest BCUT2D eigenvalue weighted by Gasteiger charge is 2.24. The van der Waals surface area contributed by atoms with Crippen LogP contribution in [0.4, 0.5) is 0 Å². The Kier molecular flexibility index (Phi) is 3.95. The molecule has 0 amide bonds. The van der Waals surface area contributed by atoms with E-state index in [1.54, 1.807) is 6.07 Å². The van der Waals surface area contributed by atoms with Crippen molar-refractivity contribution >= 4 is 12.9 Å². The lowest BCUT2D eigenvalue weighted by Gasteiger charge is -2.18. The lowest BCUT2D eigenvalue weighted by atomic mass is 9.94. The van der Waals surface area contributed by atoms with Crippen molar-refractivity contribution < 1.29 is 14.4 Å². The summed E-state index contributed by atoms with van der Waals surface area (Å²) in [6, 6.07) is 1.63. The van der Waals surface area contributed by atoms with Crippen LogP contribution < -0.4 is 5.30 Å². The lowest BCUT2D eigenvalue weighted by molar-refractivity contribution is 0.387. The van der Waals surface area contributed by atoms with E-state index in [2.05, 4.69) is 0 Å². The van der Waals surface area contributed by atoms with Crippen molar-refractivity contribution in [2.45, 2.75) is 40.5 Å². The summed E-state index contributed by atoms with van der Waals surface area (Å²) in [7, 11) is -4.16. The summed E-state index contributed by atoms with van der Waals surface area (Å²) < 4.78 is 11.4. The fourth-order valence-corrected chi connectivity index (χ4v) is 3.16. The molecule has 3 nitrogen and oxygen atoms in total. The predicted molar refractivity (Wildman–Crippen MR) is 66.4 cm³/mol. The number of hydrogen-bond acceptors (Lipinski definition) is 1. The molecule has 0 unspecified atom stereocenters. The molecule has 0 fully saturated rings. The third-order valence-corrected chi connectivity index (χ3v) is 4.12. The number of benzene rings is 1. The Morgan fingerprint density at radius 2 is 1.62 bits per heavy atom. The smallest absolute Gasteiger partial charge is 0.321 e. The van der Waals surface area contributed by atoms with E-state index < -0.39 is 7.60 Å². The summed E-state index contributed by atoms with van der Waals surface area (Å²) in [5.74, 6) is 0. The molecule has 0 heterocycles. The van der Waals surface area contributed by atoms with E-state index in [4.69, 9.17) is 0 Å². The van der Waals surface area contributed by atoms with E-state index >= 15 is 0 Å². The minimum Gasteiger partial charge on any atom is -0.321 e. The largest absolute Gasteiger partial charge is 0.356 e. The summed E-state index contributed by atoms with van der Waals surface area (Å²) in [4.78, 5) is 18.7. The Hall–Kier alpha value is -0.630. The molecule has 0 aliphatic heterocycles. The molecule has 2 N–H and O–H groups in total. The summed E-state index contributed by atoms with van der Waals surface area (Å²) in [6.07, 6.45) is 1.47. The van der Waals surface area contributed by atoms with Gasteiger partial charge in [-0.15, -0.1) is 0 Å². The van der Waals surface area contributed by atoms with E-state index in [0.29, 0.717) is 6.42 Å². The lowest BCUT2D eigenvalue weighted by Crippen LogP contribution is -2.16. The van der Waals surface area contributed by atoms with Crippen LogP contribution in [0.5, 0.6) is 0 Å². The molecule has 16 heavy (non-hydrogen) atoms. The molecule has 90 valence electrons. The van der Waals surface area contributed by atoms with Gasteiger partial charge in [0.05, 0.1) is 5.30 Å². The Morgan fingerprint density at radius 3 is 2.00 bits per heavy atom. The van der Waals surface area contributed by atoms with Crippen molar-refractivity contribution in [3.8, 4) is 0 Å². The van der Waals surface area contributed by atoms with Gasteiger partial charge in [0.1, 0.15) is 0 Å². The van der Waals surface area contributed by atoms with E-state index in [-0.39, 0.29) is 5.30 Å². The molecule has 0 saturated carbocycles. The van der Waals surface area contributed by atoms with Gasteiger partial charge in [0.15, 0.2) is 0 Å². The summed E-state index contributed by atoms with van der Waals surface area (Å²) >= 11 is 0. The maximum atomic E-state index is 11.4. The third-order valence-electron chi connectivity index (χ3n) is 3.09. The predicted octanol–water partition coefficient (Wildman–Crippen LogP) is 2.23. The van der Waals surface area contributed by atoms with Crippen LogP contribution in [0.25, 0.3) is 0 Å². The Labute approximate surface area is 96.7 Å². The van der Waals surface area contributed by atoms with Crippen LogP contribution in [-0.4, -0.2) is 9.79 Å². The van der Waals surface area contributed by atoms with E-state index in [1.807, 2.05) is 27.7 Å². The minimum absolute atomic E-state index is 0.204. The summed E-state index contributed by atoms with van der Waals surface area (Å²) in [6.45, 7) is 7.86. The maximum absolute atomic E-state index is 11.4. The zero-order chi connectivity index (χ0) is 12.5. The van der Waals surface area contributed by atoms with Crippen LogP contribution in [0.15, 0.2) is 6.07 Å². The molecular weight excluding hydrogens is 223 g/mol. The zero-order valence-electron chi connectivity index (χ0n) is 10.2. The van der Waals surface area contributed by atoms with Crippen LogP contribution in [0.1, 0.15) is 36.1 Å². The Bertz CT molecular complexity index is 446. The fraction of sp³-hybridized carbons (Fsp3) is 0.500. The number of aryl methyl sites for hydroxylation is 1. The van der Waals surface area contributed by atoms with Gasteiger partial charge in [-0.25, -0.2) is 0 Å². The van der Waals surface area contributed by atoms with E-state index in [0.717, 1.165) is 28.7 Å². The van der Waals surface area contributed by atoms with Crippen LogP contribution in [0.2, 0.25) is 0 Å². The first kappa shape index (κ1) is 13.4. The maximum Gasteiger partial charge on any atom is 0.356 e. The van der Waals surface area contributed by atoms with E-state index in [9.17, 15) is 14.4 Å². The Balaban J connectivity index is 3.63. The van der Waals surface area contributed by atoms with Gasteiger partial charge in [0.25, 0.3) is 0 Å². The molecule has 1 rings (SSSR count). The quantitative estimate of drug-likeness (QED) is 0.799. The molecule has 0 bridgehead atoms. The monoisotopic (exact) mass is 242 g/mol. The highest BCUT2D eigenvalue weighted by Crippen LogP contribution is 2.37. The average molecular weight is 242 g/mol. The van der Waals surface area contributed by atoms with E-state index in [1.165, 1.54) is 0 Å². The van der Waals surface area contributed by atoms with Gasteiger partial charge >= 0.3 is 7.60 Å². The molecule has 0 aromatic heterocycles. The molecule has 0 radical (unpaired) electrons. The molecule has 0 aliphatic rings. The van der Waals surface area contributed by atoms with Crippen molar-refractivity contribution in [3.05, 3.63) is 28.3 Å². The average Bonchev–Trinajstić information content (AvgIpc) is 2.19. The fourth-order valence-electron chi connectivity index (χ4n) is 2.15. The second-order valence-corrected chi connectivity index (χ2v) is 5.62. The van der Waals surface area contributed by atoms with Gasteiger partial charge in [-0.1, -0.05) is 13.8 Å². The van der Waals surface area contributed by atoms with Gasteiger partial charge in [-0.05, 0) is 55.0 Å². The number of hydrogen-bond donors (Lipinski definition) is 2. The molecule has 0 atom stereocenters. The normalized spacial score (nSPS) is 11.9. The second kappa shape index (κ2) is 4.70. The first-order valence-corrected chi connectivity index (χ1v) is 7.12. The third kappa shape index (κ3) is 2.37. The van der Waals surface area contributed by atoms with Crippen LogP contribution in [0, 0.1) is 13.8 Å². The first-order chi connectivity index (χ1) is 7.32. The van der Waals surface area contributed by atoms with Gasteiger partial charge in [-0.2, -0.15) is 0 Å². The molecule has 4 heteroatoms. The molecular formula is C12H19O3P. The van der Waals surface area contributed by atoms with Gasteiger partial charge in [-0.3, -0.25) is 4.57 Å². The van der Waals surface area contributed by atoms with Gasteiger partial charge in [0, 0.05) is 0 Å². The molecule has 1 aromatic carbocycles. The highest BCUT2D eigenvalue weighted by molar-refractivity contribution is 7.60. The SMILES string of the molecule is CCc1c(P(=O)(O)O)cc(C)c(C)c1CC. The summed E-state index contributed by atoms with van der Waals surface area (Å²) in [5.41, 5.74) is 4.00. The molecule has 0 saturated heterocycles. The van der Waals surface area contributed by atoms with Crippen molar-refractivity contribution in [1.29, 1.82) is 0 Å². The second-order valence-electron chi connectivity index (χ2n) is 4.05. The highest BCUT2D eigenvalue weighted by atomic mass is 31.2. The minimum atomic E-state index is -4.16. The molecule has 1 aromatic rings. The van der Waals surface area contributed by atoms with Gasteiger partial charge < -0.3 is 9.79 Å². The topological polar surface area (TPSA) is 57.5 Å². The van der Waals surface area contributed by atoms with Crippen LogP contribution >= 0.6 is 7.60 Å². The summed E-state index contributed by atoms with van der Waals surface area (Å²) in [5, 5.41) is 0.204. The Morgan fingerprint density at radius 1 is 1.12 bits per heavy atom. The van der Waals surface area contributed by atoms with Crippen LogP contribution in [-0.2, 0) is 17.4 Å². The number of rotatable bonds is 3. The van der Waals surface area contributed by atoms with Crippen molar-refractivity contribution in [3.63, 3.8) is 0 Å². The first-order valence-electron chi connectivity index (χ1n) is 5.50. The molecule has 0 aliphatic carbocycles. The van der Waals surface area contributed by atoms with Gasteiger partial charge in [0.2, 0.25) is 0 Å². The zero-order valence-corrected chi connectivity index (χ0v) is 11.1. The van der Waals surface area contributed by atoms with Crippen molar-refractivity contribution in [1.82, 2.24) is 0 Å². The van der Waals surface area contributed by atoms with Crippen LogP contribution in [0.3, 0.4) is 0 Å². The standard InChI is InChI=1S/C12H19O3P/c1-5-10-9(4)8(3)7-12(11(10)6-2)16(13,14)15/h7H,5-6H2,1-4H3,(H2,13,14,15). The molecule has 0 spiro atoms.